The van der Waals surface area contributed by atoms with Crippen LogP contribution in [0.15, 0.2) is 64.2 Å². The van der Waals surface area contributed by atoms with Gasteiger partial charge in [0.2, 0.25) is 5.91 Å². The molecule has 1 N–H and O–H groups in total. The highest BCUT2D eigenvalue weighted by Gasteiger charge is 2.20. The quantitative estimate of drug-likeness (QED) is 0.559. The monoisotopic (exact) mass is 394 g/mol. The van der Waals surface area contributed by atoms with Gasteiger partial charge in [-0.05, 0) is 24.3 Å². The normalized spacial score (nSPS) is 10.8. The molecule has 0 unspecified atom stereocenters. The lowest BCUT2D eigenvalue weighted by molar-refractivity contribution is -0.116. The number of anilines is 1. The van der Waals surface area contributed by atoms with Crippen molar-refractivity contribution < 1.29 is 18.4 Å². The molecule has 0 radical (unpaired) electrons. The Morgan fingerprint density at radius 3 is 2.86 bits per heavy atom. The van der Waals surface area contributed by atoms with Gasteiger partial charge in [-0.15, -0.1) is 0 Å². The maximum absolute atomic E-state index is 14.1. The summed E-state index contributed by atoms with van der Waals surface area (Å²) in [6.45, 7) is -0.291. The first-order valence-corrected chi connectivity index (χ1v) is 8.60. The fourth-order valence-corrected chi connectivity index (χ4v) is 2.89. The zero-order chi connectivity index (χ0) is 20.4. The Morgan fingerprint density at radius 2 is 2.07 bits per heavy atom. The van der Waals surface area contributed by atoms with Crippen LogP contribution in [-0.4, -0.2) is 27.7 Å². The van der Waals surface area contributed by atoms with Gasteiger partial charge in [0.05, 0.1) is 7.11 Å². The predicted octanol–water partition coefficient (Wildman–Crippen LogP) is 2.84. The molecule has 29 heavy (non-hydrogen) atoms. The van der Waals surface area contributed by atoms with E-state index in [0.717, 1.165) is 4.57 Å². The van der Waals surface area contributed by atoms with Crippen LogP contribution in [0.4, 0.5) is 10.1 Å². The number of rotatable bonds is 5. The number of ether oxygens (including phenoxy) is 1. The molecule has 4 rings (SSSR count). The second-order valence-electron chi connectivity index (χ2n) is 6.15. The molecule has 146 valence electrons. The fourth-order valence-electron chi connectivity index (χ4n) is 2.89. The number of nitrogens with zero attached hydrogens (tertiary/aromatic N) is 3. The lowest BCUT2D eigenvalue weighted by Crippen LogP contribution is -2.27. The zero-order valence-corrected chi connectivity index (χ0v) is 15.3. The van der Waals surface area contributed by atoms with E-state index in [-0.39, 0.29) is 28.9 Å². The molecule has 8 nitrogen and oxygen atoms in total. The number of halogens is 1. The molecule has 0 spiro atoms. The summed E-state index contributed by atoms with van der Waals surface area (Å²) in [6, 6.07) is 12.7. The van der Waals surface area contributed by atoms with Gasteiger partial charge in [-0.3, -0.25) is 14.2 Å². The fraction of sp³-hybridized carbons (Fsp3) is 0.100. The zero-order valence-electron chi connectivity index (χ0n) is 15.3. The third kappa shape index (κ3) is 3.57. The molecule has 0 saturated carbocycles. The van der Waals surface area contributed by atoms with Crippen molar-refractivity contribution >= 4 is 22.7 Å². The predicted molar refractivity (Wildman–Crippen MR) is 103 cm³/mol. The molecule has 4 aromatic rings. The van der Waals surface area contributed by atoms with Crippen LogP contribution in [0.3, 0.4) is 0 Å². The minimum atomic E-state index is -0.560. The van der Waals surface area contributed by atoms with Crippen molar-refractivity contribution in [1.82, 2.24) is 14.7 Å². The number of fused-ring (bicyclic) bond motifs is 1. The average molecular weight is 394 g/mol. The van der Waals surface area contributed by atoms with Crippen molar-refractivity contribution in [3.05, 3.63) is 71.0 Å². The Hall–Kier alpha value is -4.01. The van der Waals surface area contributed by atoms with Gasteiger partial charge >= 0.3 is 0 Å². The molecule has 0 aliphatic carbocycles. The Kier molecular flexibility index (Phi) is 4.78. The van der Waals surface area contributed by atoms with Crippen molar-refractivity contribution in [2.24, 2.45) is 0 Å². The number of amides is 1. The van der Waals surface area contributed by atoms with Crippen LogP contribution < -0.4 is 15.6 Å². The van der Waals surface area contributed by atoms with Crippen LogP contribution in [0.5, 0.6) is 5.75 Å². The maximum Gasteiger partial charge on any atom is 0.267 e. The minimum absolute atomic E-state index is 0.00628. The third-order valence-electron chi connectivity index (χ3n) is 4.26. The van der Waals surface area contributed by atoms with E-state index in [0.29, 0.717) is 11.4 Å². The molecule has 1 amide bonds. The van der Waals surface area contributed by atoms with Gasteiger partial charge in [-0.1, -0.05) is 23.4 Å². The van der Waals surface area contributed by atoms with E-state index in [1.54, 1.807) is 30.3 Å². The van der Waals surface area contributed by atoms with Crippen LogP contribution >= 0.6 is 0 Å². The van der Waals surface area contributed by atoms with Crippen molar-refractivity contribution in [3.8, 4) is 17.0 Å². The molecule has 0 saturated heterocycles. The minimum Gasteiger partial charge on any atom is -0.497 e. The molecule has 0 bridgehead atoms. The van der Waals surface area contributed by atoms with E-state index >= 15 is 0 Å². The highest BCUT2D eigenvalue weighted by atomic mass is 19.1. The summed E-state index contributed by atoms with van der Waals surface area (Å²) in [5, 5.41) is 6.48. The maximum atomic E-state index is 14.1. The van der Waals surface area contributed by atoms with Gasteiger partial charge in [0.25, 0.3) is 11.3 Å². The van der Waals surface area contributed by atoms with E-state index in [4.69, 9.17) is 9.26 Å². The van der Waals surface area contributed by atoms with Gasteiger partial charge in [-0.2, -0.15) is 0 Å². The van der Waals surface area contributed by atoms with Gasteiger partial charge < -0.3 is 14.6 Å². The number of hydrogen-bond donors (Lipinski definition) is 1. The molecule has 2 heterocycles. The molecule has 0 aliphatic rings. The van der Waals surface area contributed by atoms with E-state index in [1.807, 2.05) is 0 Å². The first-order chi connectivity index (χ1) is 14.1. The molecule has 0 fully saturated rings. The lowest BCUT2D eigenvalue weighted by atomic mass is 10.1. The Labute approximate surface area is 163 Å². The first kappa shape index (κ1) is 18.4. The summed E-state index contributed by atoms with van der Waals surface area (Å²) >= 11 is 0. The summed E-state index contributed by atoms with van der Waals surface area (Å²) < 4.78 is 25.4. The lowest BCUT2D eigenvalue weighted by Gasteiger charge is -2.08. The van der Waals surface area contributed by atoms with Gasteiger partial charge in [0.1, 0.15) is 35.5 Å². The van der Waals surface area contributed by atoms with Crippen molar-refractivity contribution in [2.75, 3.05) is 12.4 Å². The Bertz CT molecular complexity index is 1260. The van der Waals surface area contributed by atoms with E-state index < -0.39 is 17.3 Å². The smallest absolute Gasteiger partial charge is 0.267 e. The second-order valence-corrected chi connectivity index (χ2v) is 6.15. The van der Waals surface area contributed by atoms with E-state index in [2.05, 4.69) is 15.5 Å². The Morgan fingerprint density at radius 1 is 1.24 bits per heavy atom. The SMILES string of the molecule is COc1cccc(NC(=O)Cn2cnc3onc(-c4ccccc4F)c3c2=O)c1. The number of hydrogen-bond acceptors (Lipinski definition) is 6. The molecule has 0 aliphatic heterocycles. The standard InChI is InChI=1S/C20H15FN4O4/c1-28-13-6-4-5-12(9-13)23-16(26)10-25-11-22-19-17(20(25)27)18(24-29-19)14-7-2-3-8-15(14)21/h2-9,11H,10H2,1H3,(H,23,26). The van der Waals surface area contributed by atoms with Crippen molar-refractivity contribution in [3.63, 3.8) is 0 Å². The summed E-state index contributed by atoms with van der Waals surface area (Å²) in [4.78, 5) is 29.3. The largest absolute Gasteiger partial charge is 0.497 e. The second kappa shape index (κ2) is 7.55. The van der Waals surface area contributed by atoms with Crippen LogP contribution in [0.1, 0.15) is 0 Å². The third-order valence-corrected chi connectivity index (χ3v) is 4.26. The van der Waals surface area contributed by atoms with E-state index in [1.165, 1.54) is 31.6 Å². The number of carbonyl (C=O) groups is 1. The molecule has 9 heteroatoms. The topological polar surface area (TPSA) is 99.2 Å². The number of aromatic nitrogens is 3. The number of nitrogens with one attached hydrogen (secondary N) is 1. The summed E-state index contributed by atoms with van der Waals surface area (Å²) in [7, 11) is 1.52. The van der Waals surface area contributed by atoms with Gasteiger partial charge in [0.15, 0.2) is 0 Å². The van der Waals surface area contributed by atoms with Crippen LogP contribution in [0.25, 0.3) is 22.4 Å². The molecule has 2 aromatic heterocycles. The van der Waals surface area contributed by atoms with Gasteiger partial charge in [-0.25, -0.2) is 9.37 Å². The van der Waals surface area contributed by atoms with E-state index in [9.17, 15) is 14.0 Å². The molecule has 2 aromatic carbocycles. The van der Waals surface area contributed by atoms with Crippen LogP contribution in [-0.2, 0) is 11.3 Å². The van der Waals surface area contributed by atoms with Crippen molar-refractivity contribution in [2.45, 2.75) is 6.54 Å². The van der Waals surface area contributed by atoms with Crippen molar-refractivity contribution in [1.29, 1.82) is 0 Å². The summed E-state index contributed by atoms with van der Waals surface area (Å²) in [6.07, 6.45) is 1.19. The highest BCUT2D eigenvalue weighted by Crippen LogP contribution is 2.26. The molecule has 0 atom stereocenters. The highest BCUT2D eigenvalue weighted by molar-refractivity contribution is 5.92. The molecular formula is C20H15FN4O4. The molecular weight excluding hydrogens is 379 g/mol. The first-order valence-electron chi connectivity index (χ1n) is 8.60. The van der Waals surface area contributed by atoms with Gasteiger partial charge in [0, 0.05) is 17.3 Å². The number of carbonyl (C=O) groups excluding carboxylic acids is 1. The number of benzene rings is 2. The number of methoxy groups -OCH3 is 1. The summed E-state index contributed by atoms with van der Waals surface area (Å²) in [5.41, 5.74) is 0.0864. The average Bonchev–Trinajstić information content (AvgIpc) is 3.15. The summed E-state index contributed by atoms with van der Waals surface area (Å²) in [5.74, 6) is -0.402. The Balaban J connectivity index is 1.65. The van der Waals surface area contributed by atoms with Crippen LogP contribution in [0.2, 0.25) is 0 Å². The van der Waals surface area contributed by atoms with Crippen LogP contribution in [0, 0.1) is 5.82 Å².